The van der Waals surface area contributed by atoms with Crippen LogP contribution in [0.25, 0.3) is 0 Å². The Balaban J connectivity index is 1.55. The molecule has 1 aromatic heterocycles. The average molecular weight is 444 g/mol. The highest BCUT2D eigenvalue weighted by atomic mass is 79.9. The fourth-order valence-electron chi connectivity index (χ4n) is 3.93. The number of amides is 2. The van der Waals surface area contributed by atoms with E-state index in [1.165, 1.54) is 12.8 Å². The van der Waals surface area contributed by atoms with Crippen LogP contribution < -0.4 is 10.2 Å². The van der Waals surface area contributed by atoms with Gasteiger partial charge in [0.15, 0.2) is 0 Å². The van der Waals surface area contributed by atoms with Gasteiger partial charge in [-0.25, -0.2) is 14.8 Å². The first-order chi connectivity index (χ1) is 13.5. The minimum absolute atomic E-state index is 0.0867. The highest BCUT2D eigenvalue weighted by Crippen LogP contribution is 2.30. The molecule has 0 saturated carbocycles. The molecule has 2 aromatic rings. The van der Waals surface area contributed by atoms with Crippen molar-refractivity contribution >= 4 is 33.5 Å². The summed E-state index contributed by atoms with van der Waals surface area (Å²) < 4.78 is 0.878. The zero-order valence-electron chi connectivity index (χ0n) is 16.4. The van der Waals surface area contributed by atoms with E-state index in [2.05, 4.69) is 38.1 Å². The van der Waals surface area contributed by atoms with E-state index < -0.39 is 0 Å². The molecule has 3 heterocycles. The molecule has 2 amide bonds. The van der Waals surface area contributed by atoms with Gasteiger partial charge in [0.1, 0.15) is 11.6 Å². The van der Waals surface area contributed by atoms with Crippen molar-refractivity contribution in [3.63, 3.8) is 0 Å². The van der Waals surface area contributed by atoms with Crippen molar-refractivity contribution in [2.45, 2.75) is 39.7 Å². The molecule has 0 atom stereocenters. The van der Waals surface area contributed by atoms with Crippen molar-refractivity contribution in [3.05, 3.63) is 45.8 Å². The van der Waals surface area contributed by atoms with Crippen molar-refractivity contribution in [1.29, 1.82) is 0 Å². The minimum atomic E-state index is -0.0867. The summed E-state index contributed by atoms with van der Waals surface area (Å²) in [5.41, 5.74) is 2.98. The van der Waals surface area contributed by atoms with E-state index in [1.807, 2.05) is 36.1 Å². The Bertz CT molecular complexity index is 879. The number of carbonyl (C=O) groups excluding carboxylic acids is 1. The summed E-state index contributed by atoms with van der Waals surface area (Å²) >= 11 is 3.49. The maximum Gasteiger partial charge on any atom is 0.322 e. The highest BCUT2D eigenvalue weighted by molar-refractivity contribution is 9.10. The molecule has 1 aromatic carbocycles. The number of carbonyl (C=O) groups is 1. The summed E-state index contributed by atoms with van der Waals surface area (Å²) in [6.07, 6.45) is 3.13. The Hall–Kier alpha value is -2.15. The summed E-state index contributed by atoms with van der Waals surface area (Å²) in [5.74, 6) is 2.60. The SMILES string of the molecule is Cc1nc2c(c(N3CCC(C)CC3)n1)CN(C(=O)Nc1ccccc1Br)CC2. The quantitative estimate of drug-likeness (QED) is 0.747. The van der Waals surface area contributed by atoms with Crippen LogP contribution in [0.5, 0.6) is 0 Å². The van der Waals surface area contributed by atoms with Crippen molar-refractivity contribution in [2.75, 3.05) is 29.9 Å². The molecule has 0 spiro atoms. The standard InChI is InChI=1S/C21H26BrN5O/c1-14-7-10-26(11-8-14)20-16-13-27(12-9-18(16)23-15(2)24-20)21(28)25-19-6-4-3-5-17(19)22/h3-6,14H,7-13H2,1-2H3,(H,25,28). The number of rotatable bonds is 2. The van der Waals surface area contributed by atoms with Crippen LogP contribution in [-0.2, 0) is 13.0 Å². The molecule has 4 rings (SSSR count). The third-order valence-corrected chi connectivity index (χ3v) is 6.33. The Morgan fingerprint density at radius 2 is 1.93 bits per heavy atom. The normalized spacial score (nSPS) is 17.4. The number of nitrogens with one attached hydrogen (secondary N) is 1. The van der Waals surface area contributed by atoms with Gasteiger partial charge in [0.25, 0.3) is 0 Å². The van der Waals surface area contributed by atoms with Gasteiger partial charge < -0.3 is 15.1 Å². The lowest BCUT2D eigenvalue weighted by molar-refractivity contribution is 0.206. The maximum atomic E-state index is 12.9. The molecule has 28 heavy (non-hydrogen) atoms. The number of urea groups is 1. The number of para-hydroxylation sites is 1. The molecule has 148 valence electrons. The summed E-state index contributed by atoms with van der Waals surface area (Å²) in [5, 5.41) is 3.01. The van der Waals surface area contributed by atoms with Crippen molar-refractivity contribution in [2.24, 2.45) is 5.92 Å². The molecule has 0 unspecified atom stereocenters. The number of benzene rings is 1. The molecule has 2 aliphatic rings. The first-order valence-corrected chi connectivity index (χ1v) is 10.7. The smallest absolute Gasteiger partial charge is 0.322 e. The number of anilines is 2. The number of halogens is 1. The minimum Gasteiger partial charge on any atom is -0.356 e. The van der Waals surface area contributed by atoms with Gasteiger partial charge in [0, 0.05) is 36.1 Å². The second-order valence-electron chi connectivity index (χ2n) is 7.77. The molecule has 0 bridgehead atoms. The summed E-state index contributed by atoms with van der Waals surface area (Å²) in [6.45, 7) is 7.53. The highest BCUT2D eigenvalue weighted by Gasteiger charge is 2.28. The van der Waals surface area contributed by atoms with Crippen LogP contribution >= 0.6 is 15.9 Å². The molecule has 6 nitrogen and oxygen atoms in total. The molecule has 7 heteroatoms. The number of hydrogen-bond donors (Lipinski definition) is 1. The van der Waals surface area contributed by atoms with Crippen LogP contribution in [-0.4, -0.2) is 40.5 Å². The predicted octanol–water partition coefficient (Wildman–Crippen LogP) is 4.37. The van der Waals surface area contributed by atoms with Gasteiger partial charge in [0.2, 0.25) is 0 Å². The van der Waals surface area contributed by atoms with Crippen LogP contribution in [0.2, 0.25) is 0 Å². The van der Waals surface area contributed by atoms with E-state index in [0.29, 0.717) is 13.1 Å². The van der Waals surface area contributed by atoms with E-state index >= 15 is 0 Å². The Morgan fingerprint density at radius 1 is 1.18 bits per heavy atom. The largest absolute Gasteiger partial charge is 0.356 e. The lowest BCUT2D eigenvalue weighted by Gasteiger charge is -2.36. The van der Waals surface area contributed by atoms with Crippen LogP contribution in [0.3, 0.4) is 0 Å². The summed E-state index contributed by atoms with van der Waals surface area (Å²) in [4.78, 5) is 26.6. The third kappa shape index (κ3) is 3.99. The van der Waals surface area contributed by atoms with E-state index in [0.717, 1.165) is 58.5 Å². The number of hydrogen-bond acceptors (Lipinski definition) is 4. The predicted molar refractivity (Wildman–Crippen MR) is 115 cm³/mol. The number of aromatic nitrogens is 2. The van der Waals surface area contributed by atoms with E-state index in [1.54, 1.807) is 0 Å². The molecular formula is C21H26BrN5O. The Labute approximate surface area is 174 Å². The molecular weight excluding hydrogens is 418 g/mol. The van der Waals surface area contributed by atoms with Gasteiger partial charge in [-0.2, -0.15) is 0 Å². The molecule has 0 aliphatic carbocycles. The summed E-state index contributed by atoms with van der Waals surface area (Å²) in [7, 11) is 0. The number of nitrogens with zero attached hydrogens (tertiary/aromatic N) is 4. The lowest BCUT2D eigenvalue weighted by Crippen LogP contribution is -2.41. The molecule has 0 radical (unpaired) electrons. The van der Waals surface area contributed by atoms with Gasteiger partial charge in [-0.1, -0.05) is 19.1 Å². The van der Waals surface area contributed by atoms with Gasteiger partial charge in [-0.15, -0.1) is 0 Å². The zero-order valence-corrected chi connectivity index (χ0v) is 18.0. The molecule has 2 aliphatic heterocycles. The number of fused-ring (bicyclic) bond motifs is 1. The van der Waals surface area contributed by atoms with Gasteiger partial charge in [-0.3, -0.25) is 0 Å². The number of aryl methyl sites for hydroxylation is 1. The maximum absolute atomic E-state index is 12.9. The lowest BCUT2D eigenvalue weighted by atomic mass is 9.98. The summed E-state index contributed by atoms with van der Waals surface area (Å²) in [6, 6.07) is 7.58. The van der Waals surface area contributed by atoms with Gasteiger partial charge >= 0.3 is 6.03 Å². The van der Waals surface area contributed by atoms with Crippen molar-refractivity contribution in [3.8, 4) is 0 Å². The van der Waals surface area contributed by atoms with Gasteiger partial charge in [-0.05, 0) is 53.7 Å². The second kappa shape index (κ2) is 8.07. The molecule has 1 fully saturated rings. The van der Waals surface area contributed by atoms with E-state index in [-0.39, 0.29) is 6.03 Å². The van der Waals surface area contributed by atoms with Crippen LogP contribution in [0.15, 0.2) is 28.7 Å². The third-order valence-electron chi connectivity index (χ3n) is 5.64. The van der Waals surface area contributed by atoms with Crippen LogP contribution in [0.1, 0.15) is 36.8 Å². The second-order valence-corrected chi connectivity index (χ2v) is 8.63. The monoisotopic (exact) mass is 443 g/mol. The van der Waals surface area contributed by atoms with E-state index in [4.69, 9.17) is 4.98 Å². The Morgan fingerprint density at radius 3 is 2.68 bits per heavy atom. The Kier molecular flexibility index (Phi) is 5.53. The topological polar surface area (TPSA) is 61.4 Å². The van der Waals surface area contributed by atoms with Crippen molar-refractivity contribution < 1.29 is 4.79 Å². The molecule has 1 N–H and O–H groups in total. The zero-order chi connectivity index (χ0) is 19.7. The van der Waals surface area contributed by atoms with Crippen molar-refractivity contribution in [1.82, 2.24) is 14.9 Å². The van der Waals surface area contributed by atoms with E-state index in [9.17, 15) is 4.79 Å². The van der Waals surface area contributed by atoms with Crippen LogP contribution in [0, 0.1) is 12.8 Å². The van der Waals surface area contributed by atoms with Gasteiger partial charge in [0.05, 0.1) is 17.9 Å². The number of piperidine rings is 1. The first kappa shape index (κ1) is 19.2. The average Bonchev–Trinajstić information content (AvgIpc) is 2.69. The first-order valence-electron chi connectivity index (χ1n) is 9.93. The van der Waals surface area contributed by atoms with Crippen LogP contribution in [0.4, 0.5) is 16.3 Å². The fraction of sp³-hybridized carbons (Fsp3) is 0.476. The fourth-order valence-corrected chi connectivity index (χ4v) is 4.31. The molecule has 1 saturated heterocycles.